The summed E-state index contributed by atoms with van der Waals surface area (Å²) >= 11 is 0. The minimum Gasteiger partial charge on any atom is -0.495 e. The SMILES string of the molecule is COC(=O)c1c(N)c(C#N)cn1-c1cc(C(C)=O)ccc1OC. The smallest absolute Gasteiger partial charge is 0.357 e. The number of carbonyl (C=O) groups excluding carboxylic acids is 2. The largest absolute Gasteiger partial charge is 0.495 e. The Balaban J connectivity index is 2.80. The monoisotopic (exact) mass is 313 g/mol. The number of carbonyl (C=O) groups is 2. The van der Waals surface area contributed by atoms with Crippen molar-refractivity contribution in [2.75, 3.05) is 20.0 Å². The molecule has 0 fully saturated rings. The van der Waals surface area contributed by atoms with Gasteiger partial charge in [-0.15, -0.1) is 0 Å². The highest BCUT2D eigenvalue weighted by atomic mass is 16.5. The molecule has 1 aromatic heterocycles. The predicted octanol–water partition coefficient (Wildman–Crippen LogP) is 1.93. The molecule has 1 aromatic carbocycles. The molecule has 2 aromatic rings. The molecule has 0 atom stereocenters. The van der Waals surface area contributed by atoms with Crippen molar-refractivity contribution in [3.63, 3.8) is 0 Å². The van der Waals surface area contributed by atoms with Crippen molar-refractivity contribution >= 4 is 17.4 Å². The van der Waals surface area contributed by atoms with E-state index in [0.29, 0.717) is 17.0 Å². The van der Waals surface area contributed by atoms with Crippen LogP contribution >= 0.6 is 0 Å². The second-order valence-electron chi connectivity index (χ2n) is 4.72. The standard InChI is InChI=1S/C16H15N3O4/c1-9(20)10-4-5-13(22-2)12(6-10)19-8-11(7-17)14(18)15(19)16(21)23-3/h4-6,8H,18H2,1-3H3. The second kappa shape index (κ2) is 6.23. The number of rotatable bonds is 4. The number of ether oxygens (including phenoxy) is 2. The molecule has 0 unspecified atom stereocenters. The summed E-state index contributed by atoms with van der Waals surface area (Å²) in [7, 11) is 2.68. The fourth-order valence-electron chi connectivity index (χ4n) is 2.20. The Hall–Kier alpha value is -3.27. The molecule has 0 aliphatic carbocycles. The lowest BCUT2D eigenvalue weighted by Crippen LogP contribution is -2.12. The van der Waals surface area contributed by atoms with Gasteiger partial charge in [0.2, 0.25) is 0 Å². The summed E-state index contributed by atoms with van der Waals surface area (Å²) in [6, 6.07) is 6.70. The van der Waals surface area contributed by atoms with E-state index in [2.05, 4.69) is 0 Å². The predicted molar refractivity (Wildman–Crippen MR) is 82.8 cm³/mol. The quantitative estimate of drug-likeness (QED) is 0.682. The molecule has 2 rings (SSSR count). The highest BCUT2D eigenvalue weighted by Gasteiger charge is 2.23. The lowest BCUT2D eigenvalue weighted by molar-refractivity contribution is 0.0593. The van der Waals surface area contributed by atoms with Gasteiger partial charge < -0.3 is 19.8 Å². The van der Waals surface area contributed by atoms with Crippen molar-refractivity contribution in [2.45, 2.75) is 6.92 Å². The van der Waals surface area contributed by atoms with Crippen LogP contribution in [0.25, 0.3) is 5.69 Å². The van der Waals surface area contributed by atoms with Crippen LogP contribution in [-0.2, 0) is 4.74 Å². The van der Waals surface area contributed by atoms with Gasteiger partial charge in [-0.3, -0.25) is 4.79 Å². The topological polar surface area (TPSA) is 107 Å². The number of aromatic nitrogens is 1. The fraction of sp³-hybridized carbons (Fsp3) is 0.188. The molecule has 0 spiro atoms. The van der Waals surface area contributed by atoms with E-state index in [9.17, 15) is 9.59 Å². The Morgan fingerprint density at radius 1 is 1.30 bits per heavy atom. The molecule has 7 nitrogen and oxygen atoms in total. The third-order valence-electron chi connectivity index (χ3n) is 3.39. The van der Waals surface area contributed by atoms with E-state index in [1.807, 2.05) is 6.07 Å². The molecule has 0 saturated heterocycles. The van der Waals surface area contributed by atoms with Crippen LogP contribution in [0.5, 0.6) is 5.75 Å². The molecule has 0 aliphatic rings. The number of nitriles is 1. The number of methoxy groups -OCH3 is 2. The zero-order valence-electron chi connectivity index (χ0n) is 12.9. The molecule has 1 heterocycles. The Morgan fingerprint density at radius 3 is 2.52 bits per heavy atom. The summed E-state index contributed by atoms with van der Waals surface area (Å²) in [6.07, 6.45) is 1.41. The maximum Gasteiger partial charge on any atom is 0.357 e. The molecule has 0 bridgehead atoms. The first-order valence-electron chi connectivity index (χ1n) is 6.63. The van der Waals surface area contributed by atoms with E-state index in [1.165, 1.54) is 31.9 Å². The van der Waals surface area contributed by atoms with Crippen LogP contribution in [0.1, 0.15) is 33.3 Å². The van der Waals surface area contributed by atoms with Gasteiger partial charge in [-0.05, 0) is 25.1 Å². The highest BCUT2D eigenvalue weighted by molar-refractivity contribution is 5.97. The van der Waals surface area contributed by atoms with Crippen molar-refractivity contribution in [1.29, 1.82) is 5.26 Å². The van der Waals surface area contributed by atoms with Gasteiger partial charge in [0.05, 0.1) is 31.2 Å². The van der Waals surface area contributed by atoms with Gasteiger partial charge in [0.25, 0.3) is 0 Å². The van der Waals surface area contributed by atoms with Gasteiger partial charge in [0.15, 0.2) is 11.5 Å². The van der Waals surface area contributed by atoms with Gasteiger partial charge in [-0.2, -0.15) is 5.26 Å². The van der Waals surface area contributed by atoms with Gasteiger partial charge in [-0.25, -0.2) is 4.79 Å². The molecule has 0 aliphatic heterocycles. The van der Waals surface area contributed by atoms with E-state index in [1.54, 1.807) is 18.2 Å². The minimum absolute atomic E-state index is 0.00283. The van der Waals surface area contributed by atoms with Crippen molar-refractivity contribution < 1.29 is 19.1 Å². The van der Waals surface area contributed by atoms with Crippen molar-refractivity contribution in [3.8, 4) is 17.5 Å². The lowest BCUT2D eigenvalue weighted by Gasteiger charge is -2.13. The fourth-order valence-corrected chi connectivity index (χ4v) is 2.20. The number of nitrogen functional groups attached to an aromatic ring is 1. The van der Waals surface area contributed by atoms with E-state index in [4.69, 9.17) is 20.5 Å². The average molecular weight is 313 g/mol. The number of hydrogen-bond donors (Lipinski definition) is 1. The minimum atomic E-state index is -0.695. The van der Waals surface area contributed by atoms with Crippen LogP contribution in [0.3, 0.4) is 0 Å². The molecular formula is C16H15N3O4. The lowest BCUT2D eigenvalue weighted by atomic mass is 10.1. The molecule has 0 radical (unpaired) electrons. The van der Waals surface area contributed by atoms with Crippen LogP contribution in [0.15, 0.2) is 24.4 Å². The van der Waals surface area contributed by atoms with Crippen LogP contribution < -0.4 is 10.5 Å². The van der Waals surface area contributed by atoms with E-state index >= 15 is 0 Å². The zero-order valence-corrected chi connectivity index (χ0v) is 12.9. The number of nitrogens with zero attached hydrogens (tertiary/aromatic N) is 2. The van der Waals surface area contributed by atoms with Crippen molar-refractivity contribution in [2.24, 2.45) is 0 Å². The first-order valence-corrected chi connectivity index (χ1v) is 6.63. The first-order chi connectivity index (χ1) is 10.9. The van der Waals surface area contributed by atoms with Gasteiger partial charge in [0.1, 0.15) is 11.8 Å². The number of ketones is 1. The van der Waals surface area contributed by atoms with Crippen LogP contribution in [0.4, 0.5) is 5.69 Å². The molecule has 2 N–H and O–H groups in total. The third-order valence-corrected chi connectivity index (χ3v) is 3.39. The maximum absolute atomic E-state index is 12.0. The highest BCUT2D eigenvalue weighted by Crippen LogP contribution is 2.30. The number of Topliss-reactive ketones (excluding diaryl/α,β-unsaturated/α-hetero) is 1. The molecule has 118 valence electrons. The normalized spacial score (nSPS) is 10.0. The summed E-state index contributed by atoms with van der Waals surface area (Å²) in [5.41, 5.74) is 6.85. The molecule has 0 amide bonds. The van der Waals surface area contributed by atoms with Crippen LogP contribution in [-0.4, -0.2) is 30.5 Å². The van der Waals surface area contributed by atoms with Gasteiger partial charge >= 0.3 is 5.97 Å². The number of benzene rings is 1. The van der Waals surface area contributed by atoms with Crippen LogP contribution in [0.2, 0.25) is 0 Å². The van der Waals surface area contributed by atoms with E-state index in [0.717, 1.165) is 0 Å². The molecule has 23 heavy (non-hydrogen) atoms. The maximum atomic E-state index is 12.0. The number of nitrogens with two attached hydrogens (primary N) is 1. The number of esters is 1. The second-order valence-corrected chi connectivity index (χ2v) is 4.72. The van der Waals surface area contributed by atoms with Crippen molar-refractivity contribution in [1.82, 2.24) is 4.57 Å². The summed E-state index contributed by atoms with van der Waals surface area (Å²) < 4.78 is 11.4. The average Bonchev–Trinajstić information content (AvgIpc) is 2.89. The van der Waals surface area contributed by atoms with Crippen molar-refractivity contribution in [3.05, 3.63) is 41.2 Å². The molecule has 7 heteroatoms. The summed E-state index contributed by atoms with van der Waals surface area (Å²) in [5, 5.41) is 9.15. The Bertz CT molecular complexity index is 831. The van der Waals surface area contributed by atoms with E-state index < -0.39 is 5.97 Å². The van der Waals surface area contributed by atoms with Gasteiger partial charge in [0, 0.05) is 11.8 Å². The van der Waals surface area contributed by atoms with Gasteiger partial charge in [-0.1, -0.05) is 0 Å². The van der Waals surface area contributed by atoms with E-state index in [-0.39, 0.29) is 22.7 Å². The summed E-state index contributed by atoms with van der Waals surface area (Å²) in [4.78, 5) is 23.6. The van der Waals surface area contributed by atoms with Crippen LogP contribution in [0, 0.1) is 11.3 Å². The summed E-state index contributed by atoms with van der Waals surface area (Å²) in [5.74, 6) is -0.423. The Kier molecular flexibility index (Phi) is 4.37. The number of hydrogen-bond acceptors (Lipinski definition) is 6. The zero-order chi connectivity index (χ0) is 17.1. The molecular weight excluding hydrogens is 298 g/mol. The Morgan fingerprint density at radius 2 is 2.00 bits per heavy atom. The first kappa shape index (κ1) is 16.1. The third kappa shape index (κ3) is 2.74. The Labute approximate surface area is 132 Å². The summed E-state index contributed by atoms with van der Waals surface area (Å²) in [6.45, 7) is 1.43. The number of anilines is 1. The molecule has 0 saturated carbocycles.